The van der Waals surface area contributed by atoms with Gasteiger partial charge in [-0.1, -0.05) is 60.7 Å². The molecule has 0 radical (unpaired) electrons. The third-order valence-electron chi connectivity index (χ3n) is 5.14. The van der Waals surface area contributed by atoms with Crippen molar-refractivity contribution in [2.24, 2.45) is 0 Å². The van der Waals surface area contributed by atoms with E-state index in [2.05, 4.69) is 80.6 Å². The Morgan fingerprint density at radius 2 is 1.54 bits per heavy atom. The number of benzene rings is 4. The van der Waals surface area contributed by atoms with Crippen LogP contribution in [0, 0.1) is 0 Å². The number of pyridine rings is 1. The van der Waals surface area contributed by atoms with Crippen LogP contribution < -0.4 is 4.74 Å². The second kappa shape index (κ2) is 6.65. The standard InChI is InChI=1S/C26H21NO/c1-17(2)28-24-9-5-8-19-12-13-23-22(14-15-27-26(23)25(19)24)21-11-10-18-6-3-4-7-20(18)16-21/h3-17H,1-2H3. The lowest BCUT2D eigenvalue weighted by Gasteiger charge is -2.15. The van der Waals surface area contributed by atoms with E-state index in [4.69, 9.17) is 9.72 Å². The first-order valence-corrected chi connectivity index (χ1v) is 9.67. The molecule has 136 valence electrons. The highest BCUT2D eigenvalue weighted by Crippen LogP contribution is 2.37. The molecule has 0 aliphatic heterocycles. The van der Waals surface area contributed by atoms with Crippen LogP contribution >= 0.6 is 0 Å². The first-order chi connectivity index (χ1) is 13.7. The first-order valence-electron chi connectivity index (χ1n) is 9.67. The van der Waals surface area contributed by atoms with E-state index < -0.39 is 0 Å². The Bertz CT molecular complexity index is 1320. The number of hydrogen-bond donors (Lipinski definition) is 0. The van der Waals surface area contributed by atoms with Crippen LogP contribution in [-0.4, -0.2) is 11.1 Å². The molecular formula is C26H21NO. The highest BCUT2D eigenvalue weighted by molar-refractivity contribution is 6.12. The zero-order valence-corrected chi connectivity index (χ0v) is 16.0. The Hall–Kier alpha value is -3.39. The molecule has 5 aromatic rings. The monoisotopic (exact) mass is 363 g/mol. The molecule has 0 aliphatic carbocycles. The summed E-state index contributed by atoms with van der Waals surface area (Å²) in [5, 5.41) is 5.87. The molecule has 2 heteroatoms. The lowest BCUT2D eigenvalue weighted by Crippen LogP contribution is -2.06. The van der Waals surface area contributed by atoms with E-state index in [1.165, 1.54) is 21.9 Å². The van der Waals surface area contributed by atoms with Crippen LogP contribution in [0.15, 0.2) is 85.1 Å². The van der Waals surface area contributed by atoms with E-state index in [0.717, 1.165) is 27.4 Å². The van der Waals surface area contributed by atoms with Crippen molar-refractivity contribution in [2.45, 2.75) is 20.0 Å². The van der Waals surface area contributed by atoms with Crippen molar-refractivity contribution < 1.29 is 4.74 Å². The van der Waals surface area contributed by atoms with Crippen molar-refractivity contribution in [3.8, 4) is 16.9 Å². The van der Waals surface area contributed by atoms with Gasteiger partial charge in [0.2, 0.25) is 0 Å². The third-order valence-corrected chi connectivity index (χ3v) is 5.14. The van der Waals surface area contributed by atoms with E-state index in [9.17, 15) is 0 Å². The Morgan fingerprint density at radius 3 is 2.39 bits per heavy atom. The predicted octanol–water partition coefficient (Wildman–Crippen LogP) is 7.00. The summed E-state index contributed by atoms with van der Waals surface area (Å²) in [5.41, 5.74) is 3.38. The average molecular weight is 363 g/mol. The summed E-state index contributed by atoms with van der Waals surface area (Å²) in [4.78, 5) is 4.75. The minimum Gasteiger partial charge on any atom is -0.490 e. The van der Waals surface area contributed by atoms with Gasteiger partial charge in [-0.25, -0.2) is 0 Å². The summed E-state index contributed by atoms with van der Waals surface area (Å²) in [6.45, 7) is 4.11. The molecule has 1 heterocycles. The van der Waals surface area contributed by atoms with Gasteiger partial charge in [0.15, 0.2) is 0 Å². The van der Waals surface area contributed by atoms with Gasteiger partial charge in [-0.2, -0.15) is 0 Å². The van der Waals surface area contributed by atoms with Gasteiger partial charge in [-0.15, -0.1) is 0 Å². The molecule has 1 aromatic heterocycles. The molecule has 0 fully saturated rings. The van der Waals surface area contributed by atoms with Crippen molar-refractivity contribution in [3.63, 3.8) is 0 Å². The van der Waals surface area contributed by atoms with Crippen LogP contribution in [-0.2, 0) is 0 Å². The van der Waals surface area contributed by atoms with E-state index in [0.29, 0.717) is 0 Å². The summed E-state index contributed by atoms with van der Waals surface area (Å²) in [6, 6.07) is 27.7. The van der Waals surface area contributed by atoms with Crippen molar-refractivity contribution >= 4 is 32.4 Å². The zero-order valence-electron chi connectivity index (χ0n) is 16.0. The molecule has 4 aromatic carbocycles. The van der Waals surface area contributed by atoms with E-state index in [1.807, 2.05) is 18.3 Å². The molecule has 0 unspecified atom stereocenters. The maximum atomic E-state index is 6.10. The minimum absolute atomic E-state index is 0.115. The number of fused-ring (bicyclic) bond motifs is 4. The van der Waals surface area contributed by atoms with Crippen molar-refractivity contribution in [1.29, 1.82) is 0 Å². The predicted molar refractivity (Wildman–Crippen MR) is 118 cm³/mol. The van der Waals surface area contributed by atoms with Crippen LogP contribution in [0.3, 0.4) is 0 Å². The normalized spacial score (nSPS) is 11.5. The quantitative estimate of drug-likeness (QED) is 0.322. The van der Waals surface area contributed by atoms with Gasteiger partial charge in [-0.3, -0.25) is 4.98 Å². The summed E-state index contributed by atoms with van der Waals surface area (Å²) >= 11 is 0. The van der Waals surface area contributed by atoms with Crippen LogP contribution in [0.2, 0.25) is 0 Å². The number of nitrogens with zero attached hydrogens (tertiary/aromatic N) is 1. The van der Waals surface area contributed by atoms with Gasteiger partial charge in [0, 0.05) is 11.6 Å². The van der Waals surface area contributed by atoms with Gasteiger partial charge >= 0.3 is 0 Å². The fourth-order valence-electron chi connectivity index (χ4n) is 3.92. The molecular weight excluding hydrogens is 342 g/mol. The van der Waals surface area contributed by atoms with Gasteiger partial charge in [0.05, 0.1) is 17.0 Å². The Balaban J connectivity index is 1.79. The molecule has 0 atom stereocenters. The van der Waals surface area contributed by atoms with Crippen molar-refractivity contribution in [3.05, 3.63) is 85.1 Å². The summed E-state index contributed by atoms with van der Waals surface area (Å²) < 4.78 is 6.10. The molecule has 0 saturated carbocycles. The third kappa shape index (κ3) is 2.78. The number of hydrogen-bond acceptors (Lipinski definition) is 2. The summed E-state index contributed by atoms with van der Waals surface area (Å²) in [7, 11) is 0. The van der Waals surface area contributed by atoms with Crippen molar-refractivity contribution in [1.82, 2.24) is 4.98 Å². The van der Waals surface area contributed by atoms with Gasteiger partial charge in [-0.05, 0) is 59.3 Å². The highest BCUT2D eigenvalue weighted by atomic mass is 16.5. The van der Waals surface area contributed by atoms with E-state index in [1.54, 1.807) is 0 Å². The summed E-state index contributed by atoms with van der Waals surface area (Å²) in [5.74, 6) is 0.890. The highest BCUT2D eigenvalue weighted by Gasteiger charge is 2.12. The molecule has 5 rings (SSSR count). The number of ether oxygens (including phenoxy) is 1. The second-order valence-electron chi connectivity index (χ2n) is 7.40. The molecule has 0 amide bonds. The minimum atomic E-state index is 0.115. The van der Waals surface area contributed by atoms with Crippen LogP contribution in [0.1, 0.15) is 13.8 Å². The van der Waals surface area contributed by atoms with E-state index >= 15 is 0 Å². The fourth-order valence-corrected chi connectivity index (χ4v) is 3.92. The van der Waals surface area contributed by atoms with Gasteiger partial charge in [0.1, 0.15) is 5.75 Å². The Morgan fingerprint density at radius 1 is 0.750 bits per heavy atom. The Labute approximate surface area is 164 Å². The van der Waals surface area contributed by atoms with Gasteiger partial charge in [0.25, 0.3) is 0 Å². The molecule has 0 bridgehead atoms. The average Bonchev–Trinajstić information content (AvgIpc) is 2.72. The largest absolute Gasteiger partial charge is 0.490 e. The topological polar surface area (TPSA) is 22.1 Å². The maximum absolute atomic E-state index is 6.10. The summed E-state index contributed by atoms with van der Waals surface area (Å²) in [6.07, 6.45) is 2.02. The number of rotatable bonds is 3. The number of aromatic nitrogens is 1. The lowest BCUT2D eigenvalue weighted by atomic mass is 9.96. The van der Waals surface area contributed by atoms with Crippen LogP contribution in [0.5, 0.6) is 5.75 Å². The van der Waals surface area contributed by atoms with Crippen molar-refractivity contribution in [2.75, 3.05) is 0 Å². The maximum Gasteiger partial charge on any atom is 0.129 e. The molecule has 2 nitrogen and oxygen atoms in total. The molecule has 0 N–H and O–H groups in total. The fraction of sp³-hybridized carbons (Fsp3) is 0.115. The molecule has 0 spiro atoms. The molecule has 0 saturated heterocycles. The van der Waals surface area contributed by atoms with Crippen LogP contribution in [0.25, 0.3) is 43.6 Å². The SMILES string of the molecule is CC(C)Oc1cccc2ccc3c(-c4ccc5ccccc5c4)ccnc3c12. The van der Waals surface area contributed by atoms with E-state index in [-0.39, 0.29) is 6.10 Å². The molecule has 0 aliphatic rings. The van der Waals surface area contributed by atoms with Crippen LogP contribution in [0.4, 0.5) is 0 Å². The first kappa shape index (κ1) is 16.8. The molecule has 28 heavy (non-hydrogen) atoms. The second-order valence-corrected chi connectivity index (χ2v) is 7.40. The van der Waals surface area contributed by atoms with Gasteiger partial charge < -0.3 is 4.74 Å². The smallest absolute Gasteiger partial charge is 0.129 e. The Kier molecular flexibility index (Phi) is 3.98. The lowest BCUT2D eigenvalue weighted by molar-refractivity contribution is 0.245. The zero-order chi connectivity index (χ0) is 19.1.